The standard InChI is InChI=1S/C27H32N4O2/c1-17(2)33-25(19(4)15-28)9-8-18(3)24-16-29-27(30-24)22-7-5-6-21-23(22)14-20-10-11-31(12-13-32)26(20)21/h5-9,17,20,26,32H,3,10-14,16H2,1-2,4H3/b9-8-,25-19-/t20-,26?/m1/s1. The molecule has 0 aromatic heterocycles. The first-order valence-corrected chi connectivity index (χ1v) is 11.7. The maximum Gasteiger partial charge on any atom is 0.155 e. The molecule has 6 heteroatoms. The zero-order chi connectivity index (χ0) is 23.5. The summed E-state index contributed by atoms with van der Waals surface area (Å²) in [6.07, 6.45) is 5.82. The summed E-state index contributed by atoms with van der Waals surface area (Å²) in [5, 5.41) is 18.7. The van der Waals surface area contributed by atoms with E-state index < -0.39 is 0 Å². The number of nitriles is 1. The summed E-state index contributed by atoms with van der Waals surface area (Å²) in [7, 11) is 0. The smallest absolute Gasteiger partial charge is 0.155 e. The fourth-order valence-corrected chi connectivity index (χ4v) is 5.05. The number of aliphatic hydroxyl groups excluding tert-OH is 1. The third-order valence-corrected chi connectivity index (χ3v) is 6.58. The van der Waals surface area contributed by atoms with Gasteiger partial charge in [-0.15, -0.1) is 0 Å². The van der Waals surface area contributed by atoms with Gasteiger partial charge >= 0.3 is 0 Å². The fraction of sp³-hybridized carbons (Fsp3) is 0.444. The van der Waals surface area contributed by atoms with Gasteiger partial charge in [-0.25, -0.2) is 4.99 Å². The quantitative estimate of drug-likeness (QED) is 0.371. The summed E-state index contributed by atoms with van der Waals surface area (Å²) in [4.78, 5) is 12.0. The molecule has 3 aliphatic rings. The molecule has 0 bridgehead atoms. The SMILES string of the molecule is C=C(/C=C\C(OC(C)C)=C(/C)C#N)C1=NC(c2cccc3c2C[C@H]2CCN(CCO)C32)=NC1. The van der Waals surface area contributed by atoms with Gasteiger partial charge in [-0.3, -0.25) is 9.89 Å². The van der Waals surface area contributed by atoms with Gasteiger partial charge in [-0.05, 0) is 74.9 Å². The number of aliphatic hydroxyl groups is 1. The van der Waals surface area contributed by atoms with Crippen LogP contribution in [0.25, 0.3) is 0 Å². The Labute approximate surface area is 196 Å². The van der Waals surface area contributed by atoms with Gasteiger partial charge in [-0.1, -0.05) is 24.8 Å². The Balaban J connectivity index is 1.54. The number of aliphatic imine (C=N–C) groups is 2. The second-order valence-corrected chi connectivity index (χ2v) is 9.16. The average molecular weight is 445 g/mol. The molecule has 172 valence electrons. The molecule has 6 nitrogen and oxygen atoms in total. The molecule has 0 saturated carbocycles. The predicted octanol–water partition coefficient (Wildman–Crippen LogP) is 4.13. The Morgan fingerprint density at radius 1 is 1.39 bits per heavy atom. The van der Waals surface area contributed by atoms with Gasteiger partial charge in [0.05, 0.1) is 36.6 Å². The highest BCUT2D eigenvalue weighted by Gasteiger charge is 2.42. The van der Waals surface area contributed by atoms with Gasteiger partial charge < -0.3 is 9.84 Å². The Hall–Kier alpha value is -3.01. The van der Waals surface area contributed by atoms with Crippen LogP contribution in [0, 0.1) is 17.2 Å². The Morgan fingerprint density at radius 3 is 2.94 bits per heavy atom. The van der Waals surface area contributed by atoms with Crippen molar-refractivity contribution in [2.24, 2.45) is 15.9 Å². The van der Waals surface area contributed by atoms with Crippen LogP contribution in [0.1, 0.15) is 49.9 Å². The summed E-state index contributed by atoms with van der Waals surface area (Å²) in [6, 6.07) is 8.98. The molecule has 1 saturated heterocycles. The molecule has 0 radical (unpaired) electrons. The van der Waals surface area contributed by atoms with Crippen molar-refractivity contribution in [3.8, 4) is 6.07 Å². The molecule has 4 rings (SSSR count). The van der Waals surface area contributed by atoms with Crippen molar-refractivity contribution < 1.29 is 9.84 Å². The Morgan fingerprint density at radius 2 is 2.21 bits per heavy atom. The number of rotatable bonds is 8. The number of nitrogens with zero attached hydrogens (tertiary/aromatic N) is 4. The molecule has 1 unspecified atom stereocenters. The molecular formula is C27H32N4O2. The number of hydrogen-bond acceptors (Lipinski definition) is 6. The molecular weight excluding hydrogens is 412 g/mol. The molecule has 33 heavy (non-hydrogen) atoms. The highest BCUT2D eigenvalue weighted by molar-refractivity contribution is 6.18. The van der Waals surface area contributed by atoms with Crippen molar-refractivity contribution in [3.63, 3.8) is 0 Å². The van der Waals surface area contributed by atoms with Crippen molar-refractivity contribution in [1.29, 1.82) is 5.26 Å². The number of amidine groups is 1. The zero-order valence-corrected chi connectivity index (χ0v) is 19.7. The maximum atomic E-state index is 9.45. The maximum absolute atomic E-state index is 9.45. The van der Waals surface area contributed by atoms with Crippen LogP contribution in [0.2, 0.25) is 0 Å². The van der Waals surface area contributed by atoms with E-state index in [9.17, 15) is 10.4 Å². The third kappa shape index (κ3) is 4.71. The molecule has 1 aliphatic carbocycles. The van der Waals surface area contributed by atoms with Crippen LogP contribution in [0.5, 0.6) is 0 Å². The number of likely N-dealkylation sites (tertiary alicyclic amines) is 1. The van der Waals surface area contributed by atoms with Crippen LogP contribution in [-0.4, -0.2) is 53.9 Å². The minimum atomic E-state index is -0.0204. The molecule has 1 fully saturated rings. The van der Waals surface area contributed by atoms with Crippen LogP contribution in [0.4, 0.5) is 0 Å². The highest BCUT2D eigenvalue weighted by Crippen LogP contribution is 2.47. The van der Waals surface area contributed by atoms with E-state index in [1.807, 2.05) is 19.9 Å². The summed E-state index contributed by atoms with van der Waals surface area (Å²) in [5.41, 5.74) is 5.95. The van der Waals surface area contributed by atoms with Gasteiger partial charge in [0, 0.05) is 18.2 Å². The first kappa shape index (κ1) is 23.2. The number of benzene rings is 1. The topological polar surface area (TPSA) is 81.2 Å². The summed E-state index contributed by atoms with van der Waals surface area (Å²) in [5.74, 6) is 1.92. The normalized spacial score (nSPS) is 22.7. The van der Waals surface area contributed by atoms with Crippen LogP contribution in [-0.2, 0) is 11.2 Å². The molecule has 1 aromatic rings. The van der Waals surface area contributed by atoms with Gasteiger partial charge in [0.15, 0.2) is 5.84 Å². The number of ether oxygens (including phenoxy) is 1. The minimum absolute atomic E-state index is 0.0204. The molecule has 2 atom stereocenters. The van der Waals surface area contributed by atoms with Gasteiger partial charge in [0.25, 0.3) is 0 Å². The van der Waals surface area contributed by atoms with Crippen molar-refractivity contribution in [3.05, 3.63) is 70.5 Å². The highest BCUT2D eigenvalue weighted by atomic mass is 16.5. The number of fused-ring (bicyclic) bond motifs is 3. The van der Waals surface area contributed by atoms with Crippen LogP contribution >= 0.6 is 0 Å². The zero-order valence-electron chi connectivity index (χ0n) is 19.7. The lowest BCUT2D eigenvalue weighted by Crippen LogP contribution is -2.27. The first-order chi connectivity index (χ1) is 15.9. The molecule has 2 heterocycles. The summed E-state index contributed by atoms with van der Waals surface area (Å²) in [6.45, 7) is 12.2. The van der Waals surface area contributed by atoms with Crippen LogP contribution in [0.15, 0.2) is 63.8 Å². The van der Waals surface area contributed by atoms with Crippen molar-refractivity contribution in [1.82, 2.24) is 4.90 Å². The van der Waals surface area contributed by atoms with Gasteiger partial charge in [-0.2, -0.15) is 5.26 Å². The number of β-amino-alcohol motifs (C(OH)–C–C–N with tert-alkyl or cyclic N) is 1. The third-order valence-electron chi connectivity index (χ3n) is 6.58. The van der Waals surface area contributed by atoms with E-state index in [2.05, 4.69) is 35.7 Å². The van der Waals surface area contributed by atoms with E-state index in [1.54, 1.807) is 13.0 Å². The van der Waals surface area contributed by atoms with Crippen LogP contribution < -0.4 is 0 Å². The lowest BCUT2D eigenvalue weighted by Gasteiger charge is -2.24. The van der Waals surface area contributed by atoms with E-state index in [0.29, 0.717) is 29.8 Å². The van der Waals surface area contributed by atoms with Gasteiger partial charge in [0.1, 0.15) is 5.76 Å². The minimum Gasteiger partial charge on any atom is -0.490 e. The largest absolute Gasteiger partial charge is 0.490 e. The number of allylic oxidation sites excluding steroid dienone is 3. The second kappa shape index (κ2) is 9.86. The molecule has 1 aromatic carbocycles. The molecule has 2 aliphatic heterocycles. The number of hydrogen-bond donors (Lipinski definition) is 1. The lowest BCUT2D eigenvalue weighted by molar-refractivity contribution is 0.156. The first-order valence-electron chi connectivity index (χ1n) is 11.7. The molecule has 0 amide bonds. The van der Waals surface area contributed by atoms with E-state index in [1.165, 1.54) is 11.1 Å². The summed E-state index contributed by atoms with van der Waals surface area (Å²) < 4.78 is 5.76. The van der Waals surface area contributed by atoms with E-state index in [4.69, 9.17) is 14.7 Å². The van der Waals surface area contributed by atoms with E-state index in [-0.39, 0.29) is 12.7 Å². The van der Waals surface area contributed by atoms with Crippen LogP contribution in [0.3, 0.4) is 0 Å². The van der Waals surface area contributed by atoms with Crippen molar-refractivity contribution in [2.45, 2.75) is 45.8 Å². The summed E-state index contributed by atoms with van der Waals surface area (Å²) >= 11 is 0. The molecule has 1 N–H and O–H groups in total. The second-order valence-electron chi connectivity index (χ2n) is 9.16. The Bertz CT molecular complexity index is 1100. The van der Waals surface area contributed by atoms with Crippen molar-refractivity contribution >= 4 is 11.5 Å². The molecule has 0 spiro atoms. The van der Waals surface area contributed by atoms with Crippen molar-refractivity contribution in [2.75, 3.05) is 26.2 Å². The van der Waals surface area contributed by atoms with E-state index in [0.717, 1.165) is 48.6 Å². The fourth-order valence-electron chi connectivity index (χ4n) is 5.05. The van der Waals surface area contributed by atoms with Gasteiger partial charge in [0.2, 0.25) is 0 Å². The average Bonchev–Trinajstić information content (AvgIpc) is 3.52. The van der Waals surface area contributed by atoms with E-state index >= 15 is 0 Å². The Kier molecular flexibility index (Phi) is 6.92. The lowest BCUT2D eigenvalue weighted by atomic mass is 10.0. The predicted molar refractivity (Wildman–Crippen MR) is 131 cm³/mol. The monoisotopic (exact) mass is 444 g/mol.